The lowest BCUT2D eigenvalue weighted by molar-refractivity contribution is -0.138. The minimum Gasteiger partial charge on any atom is -0.262 e. The van der Waals surface area contributed by atoms with Gasteiger partial charge in [-0.2, -0.15) is 18.4 Å². The Bertz CT molecular complexity index is 367. The van der Waals surface area contributed by atoms with Crippen molar-refractivity contribution in [1.29, 1.82) is 5.26 Å². The SMILES string of the molecule is N#Cc1c(Cl)cncc1C(F)(F)F. The number of nitriles is 1. The summed E-state index contributed by atoms with van der Waals surface area (Å²) >= 11 is 5.35. The van der Waals surface area contributed by atoms with Gasteiger partial charge in [0.2, 0.25) is 0 Å². The quantitative estimate of drug-likeness (QED) is 0.654. The molecule has 0 atom stereocenters. The highest BCUT2D eigenvalue weighted by atomic mass is 35.5. The Balaban J connectivity index is 3.40. The van der Waals surface area contributed by atoms with Crippen LogP contribution in [0, 0.1) is 11.3 Å². The van der Waals surface area contributed by atoms with E-state index in [1.807, 2.05) is 0 Å². The molecule has 0 bridgehead atoms. The Labute approximate surface area is 76.6 Å². The monoisotopic (exact) mass is 206 g/mol. The zero-order chi connectivity index (χ0) is 10.1. The number of pyridine rings is 1. The molecule has 0 N–H and O–H groups in total. The summed E-state index contributed by atoms with van der Waals surface area (Å²) in [7, 11) is 0. The van der Waals surface area contributed by atoms with Crippen molar-refractivity contribution in [2.75, 3.05) is 0 Å². The fraction of sp³-hybridized carbons (Fsp3) is 0.143. The predicted molar refractivity (Wildman–Crippen MR) is 39.0 cm³/mol. The molecule has 0 unspecified atom stereocenters. The molecule has 0 spiro atoms. The van der Waals surface area contributed by atoms with Crippen LogP contribution in [0.15, 0.2) is 12.4 Å². The van der Waals surface area contributed by atoms with E-state index in [1.165, 1.54) is 6.07 Å². The lowest BCUT2D eigenvalue weighted by Crippen LogP contribution is -2.08. The molecule has 0 aliphatic heterocycles. The molecule has 0 aromatic carbocycles. The maximum Gasteiger partial charge on any atom is 0.419 e. The van der Waals surface area contributed by atoms with Gasteiger partial charge in [-0.25, -0.2) is 0 Å². The Hall–Kier alpha value is -1.28. The summed E-state index contributed by atoms with van der Waals surface area (Å²) in [6.07, 6.45) is -3.03. The van der Waals surface area contributed by atoms with Crippen LogP contribution in [0.5, 0.6) is 0 Å². The zero-order valence-electron chi connectivity index (χ0n) is 6.06. The molecule has 0 fully saturated rings. The Morgan fingerprint density at radius 3 is 2.38 bits per heavy atom. The second-order valence-corrected chi connectivity index (χ2v) is 2.56. The van der Waals surface area contributed by atoms with Crippen LogP contribution in [-0.2, 0) is 6.18 Å². The van der Waals surface area contributed by atoms with E-state index < -0.39 is 17.3 Å². The van der Waals surface area contributed by atoms with Gasteiger partial charge in [0.25, 0.3) is 0 Å². The van der Waals surface area contributed by atoms with Gasteiger partial charge in [0.1, 0.15) is 6.07 Å². The molecule has 6 heteroatoms. The summed E-state index contributed by atoms with van der Waals surface area (Å²) in [5.74, 6) is 0. The van der Waals surface area contributed by atoms with Gasteiger partial charge in [-0.15, -0.1) is 0 Å². The maximum atomic E-state index is 12.2. The average Bonchev–Trinajstić information content (AvgIpc) is 2.02. The first kappa shape index (κ1) is 9.81. The highest BCUT2D eigenvalue weighted by Gasteiger charge is 2.34. The second-order valence-electron chi connectivity index (χ2n) is 2.15. The molecule has 13 heavy (non-hydrogen) atoms. The first-order chi connectivity index (χ1) is 5.96. The van der Waals surface area contributed by atoms with Crippen LogP contribution in [0.3, 0.4) is 0 Å². The first-order valence-corrected chi connectivity index (χ1v) is 3.45. The van der Waals surface area contributed by atoms with Crippen LogP contribution < -0.4 is 0 Å². The molecular weight excluding hydrogens is 205 g/mol. The van der Waals surface area contributed by atoms with Gasteiger partial charge in [0.15, 0.2) is 0 Å². The van der Waals surface area contributed by atoms with Gasteiger partial charge in [0, 0.05) is 12.4 Å². The van der Waals surface area contributed by atoms with Gasteiger partial charge < -0.3 is 0 Å². The fourth-order valence-electron chi connectivity index (χ4n) is 0.764. The third-order valence-electron chi connectivity index (χ3n) is 1.32. The van der Waals surface area contributed by atoms with Gasteiger partial charge >= 0.3 is 6.18 Å². The van der Waals surface area contributed by atoms with E-state index in [0.29, 0.717) is 6.20 Å². The summed E-state index contributed by atoms with van der Waals surface area (Å²) in [4.78, 5) is 3.26. The van der Waals surface area contributed by atoms with Crippen molar-refractivity contribution in [2.45, 2.75) is 6.18 Å². The third kappa shape index (κ3) is 1.90. The van der Waals surface area contributed by atoms with Crippen molar-refractivity contribution >= 4 is 11.6 Å². The van der Waals surface area contributed by atoms with Gasteiger partial charge in [-0.05, 0) is 0 Å². The molecule has 68 valence electrons. The number of halogens is 4. The molecule has 1 aromatic heterocycles. The molecule has 0 saturated carbocycles. The minimum atomic E-state index is -4.59. The van der Waals surface area contributed by atoms with E-state index in [1.54, 1.807) is 0 Å². The third-order valence-corrected chi connectivity index (χ3v) is 1.60. The lowest BCUT2D eigenvalue weighted by Gasteiger charge is -2.07. The molecule has 0 aliphatic rings. The van der Waals surface area contributed by atoms with Crippen molar-refractivity contribution < 1.29 is 13.2 Å². The fourth-order valence-corrected chi connectivity index (χ4v) is 0.964. The molecule has 0 saturated heterocycles. The molecule has 0 aliphatic carbocycles. The van der Waals surface area contributed by atoms with Crippen LogP contribution in [0.4, 0.5) is 13.2 Å². The largest absolute Gasteiger partial charge is 0.419 e. The van der Waals surface area contributed by atoms with Crippen LogP contribution in [0.1, 0.15) is 11.1 Å². The predicted octanol–water partition coefficient (Wildman–Crippen LogP) is 2.63. The van der Waals surface area contributed by atoms with E-state index in [0.717, 1.165) is 6.20 Å². The summed E-state index contributed by atoms with van der Waals surface area (Å²) in [5.41, 5.74) is -1.70. The summed E-state index contributed by atoms with van der Waals surface area (Å²) in [6.45, 7) is 0. The molecule has 1 heterocycles. The van der Waals surface area contributed by atoms with Crippen molar-refractivity contribution in [3.8, 4) is 6.07 Å². The minimum absolute atomic E-state index is 0.294. The Morgan fingerprint density at radius 2 is 2.00 bits per heavy atom. The van der Waals surface area contributed by atoms with Crippen LogP contribution in [0.25, 0.3) is 0 Å². The normalized spacial score (nSPS) is 11.0. The van der Waals surface area contributed by atoms with Gasteiger partial charge in [0.05, 0.1) is 16.1 Å². The van der Waals surface area contributed by atoms with Crippen LogP contribution in [-0.4, -0.2) is 4.98 Å². The highest BCUT2D eigenvalue weighted by molar-refractivity contribution is 6.31. The zero-order valence-corrected chi connectivity index (χ0v) is 6.82. The smallest absolute Gasteiger partial charge is 0.262 e. The summed E-state index contributed by atoms with van der Waals surface area (Å²) in [6, 6.07) is 1.38. The van der Waals surface area contributed by atoms with Crippen molar-refractivity contribution in [3.05, 3.63) is 28.5 Å². The van der Waals surface area contributed by atoms with Crippen molar-refractivity contribution in [2.24, 2.45) is 0 Å². The van der Waals surface area contributed by atoms with Gasteiger partial charge in [-0.1, -0.05) is 11.6 Å². The number of aromatic nitrogens is 1. The second kappa shape index (κ2) is 3.23. The average molecular weight is 207 g/mol. The lowest BCUT2D eigenvalue weighted by atomic mass is 10.1. The van der Waals surface area contributed by atoms with E-state index >= 15 is 0 Å². The molecular formula is C7H2ClF3N2. The number of alkyl halides is 3. The van der Waals surface area contributed by atoms with E-state index in [4.69, 9.17) is 16.9 Å². The Kier molecular flexibility index (Phi) is 2.43. The number of rotatable bonds is 0. The topological polar surface area (TPSA) is 36.7 Å². The van der Waals surface area contributed by atoms with Crippen LogP contribution in [0.2, 0.25) is 5.02 Å². The summed E-state index contributed by atoms with van der Waals surface area (Å²) in [5, 5.41) is 8.11. The molecule has 2 nitrogen and oxygen atoms in total. The van der Waals surface area contributed by atoms with Crippen LogP contribution >= 0.6 is 11.6 Å². The highest BCUT2D eigenvalue weighted by Crippen LogP contribution is 2.33. The maximum absolute atomic E-state index is 12.2. The van der Waals surface area contributed by atoms with Gasteiger partial charge in [-0.3, -0.25) is 4.98 Å². The number of nitrogens with zero attached hydrogens (tertiary/aromatic N) is 2. The van der Waals surface area contributed by atoms with Crippen molar-refractivity contribution in [3.63, 3.8) is 0 Å². The van der Waals surface area contributed by atoms with Crippen molar-refractivity contribution in [1.82, 2.24) is 4.98 Å². The molecule has 1 aromatic rings. The standard InChI is InChI=1S/C7H2ClF3N2/c8-6-3-13-2-5(4(6)1-12)7(9,10)11/h2-3H. The summed E-state index contributed by atoms with van der Waals surface area (Å²) < 4.78 is 36.5. The van der Waals surface area contributed by atoms with E-state index in [-0.39, 0.29) is 5.02 Å². The molecule has 1 rings (SSSR count). The number of hydrogen-bond acceptors (Lipinski definition) is 2. The first-order valence-electron chi connectivity index (χ1n) is 3.07. The molecule has 0 radical (unpaired) electrons. The van der Waals surface area contributed by atoms with E-state index in [9.17, 15) is 13.2 Å². The Morgan fingerprint density at radius 1 is 1.38 bits per heavy atom. The van der Waals surface area contributed by atoms with E-state index in [2.05, 4.69) is 4.98 Å². The molecule has 0 amide bonds. The number of hydrogen-bond donors (Lipinski definition) is 0.